The standard InChI is InChI=1S/C25H22O2S2/c1-28-21-11-12-24(27-17-19-5-3-2-4-6-19)23(15-21)22-13-14-29-25(22)20-9-7-18(16-26)8-10-20/h2-15,26H,16-17H2,1H3. The Labute approximate surface area is 179 Å². The van der Waals surface area contributed by atoms with Crippen molar-refractivity contribution in [3.05, 3.63) is 95.4 Å². The minimum Gasteiger partial charge on any atom is -0.488 e. The van der Waals surface area contributed by atoms with E-state index in [4.69, 9.17) is 4.74 Å². The van der Waals surface area contributed by atoms with Crippen molar-refractivity contribution in [2.45, 2.75) is 18.1 Å². The van der Waals surface area contributed by atoms with Gasteiger partial charge in [-0.05, 0) is 52.6 Å². The smallest absolute Gasteiger partial charge is 0.127 e. The molecule has 146 valence electrons. The SMILES string of the molecule is CSc1ccc(OCc2ccccc2)c(-c2ccsc2-c2ccc(CO)cc2)c1. The summed E-state index contributed by atoms with van der Waals surface area (Å²) < 4.78 is 6.24. The zero-order chi connectivity index (χ0) is 20.1. The molecule has 0 aliphatic carbocycles. The number of hydrogen-bond acceptors (Lipinski definition) is 4. The van der Waals surface area contributed by atoms with Crippen LogP contribution in [0, 0.1) is 0 Å². The summed E-state index contributed by atoms with van der Waals surface area (Å²) in [5.41, 5.74) is 5.50. The zero-order valence-electron chi connectivity index (χ0n) is 16.2. The highest BCUT2D eigenvalue weighted by Crippen LogP contribution is 2.42. The average molecular weight is 419 g/mol. The molecule has 4 heteroatoms. The van der Waals surface area contributed by atoms with Crippen molar-refractivity contribution < 1.29 is 9.84 Å². The maximum Gasteiger partial charge on any atom is 0.127 e. The van der Waals surface area contributed by atoms with E-state index in [2.05, 4.69) is 60.2 Å². The van der Waals surface area contributed by atoms with Gasteiger partial charge in [0.25, 0.3) is 0 Å². The molecule has 0 unspecified atom stereocenters. The molecule has 0 aliphatic heterocycles. The number of thiophene rings is 1. The first-order valence-electron chi connectivity index (χ1n) is 9.41. The lowest BCUT2D eigenvalue weighted by Gasteiger charge is -2.14. The molecule has 0 aliphatic rings. The number of hydrogen-bond donors (Lipinski definition) is 1. The Kier molecular flexibility index (Phi) is 6.35. The van der Waals surface area contributed by atoms with Gasteiger partial charge in [0.1, 0.15) is 12.4 Å². The quantitative estimate of drug-likeness (QED) is 0.332. The number of thioether (sulfide) groups is 1. The molecule has 1 aromatic heterocycles. The van der Waals surface area contributed by atoms with Crippen LogP contribution >= 0.6 is 23.1 Å². The van der Waals surface area contributed by atoms with E-state index in [1.807, 2.05) is 30.3 Å². The minimum absolute atomic E-state index is 0.0603. The molecule has 0 fully saturated rings. The molecule has 0 amide bonds. The molecule has 29 heavy (non-hydrogen) atoms. The van der Waals surface area contributed by atoms with Gasteiger partial charge in [-0.25, -0.2) is 0 Å². The molecule has 0 saturated carbocycles. The van der Waals surface area contributed by atoms with E-state index in [0.717, 1.165) is 28.0 Å². The number of aliphatic hydroxyl groups excluding tert-OH is 1. The van der Waals surface area contributed by atoms with E-state index in [1.54, 1.807) is 23.1 Å². The van der Waals surface area contributed by atoms with Crippen LogP contribution in [-0.4, -0.2) is 11.4 Å². The third-order valence-electron chi connectivity index (χ3n) is 4.78. The number of ether oxygens (including phenoxy) is 1. The van der Waals surface area contributed by atoms with Crippen LogP contribution in [0.15, 0.2) is 89.1 Å². The highest BCUT2D eigenvalue weighted by Gasteiger charge is 2.15. The first kappa shape index (κ1) is 19.8. The van der Waals surface area contributed by atoms with Crippen molar-refractivity contribution in [2.75, 3.05) is 6.26 Å². The lowest BCUT2D eigenvalue weighted by Crippen LogP contribution is -1.97. The fourth-order valence-corrected chi connectivity index (χ4v) is 4.57. The zero-order valence-corrected chi connectivity index (χ0v) is 17.8. The molecule has 0 bridgehead atoms. The van der Waals surface area contributed by atoms with Crippen molar-refractivity contribution in [3.8, 4) is 27.3 Å². The average Bonchev–Trinajstić information content (AvgIpc) is 3.28. The molecule has 4 aromatic rings. The summed E-state index contributed by atoms with van der Waals surface area (Å²) in [7, 11) is 0. The van der Waals surface area contributed by atoms with Gasteiger partial charge >= 0.3 is 0 Å². The fourth-order valence-electron chi connectivity index (χ4n) is 3.21. The molecule has 0 atom stereocenters. The first-order valence-corrected chi connectivity index (χ1v) is 11.5. The Bertz CT molecular complexity index is 1070. The molecule has 0 spiro atoms. The highest BCUT2D eigenvalue weighted by molar-refractivity contribution is 7.98. The second-order valence-electron chi connectivity index (χ2n) is 6.65. The van der Waals surface area contributed by atoms with Crippen LogP contribution in [0.25, 0.3) is 21.6 Å². The van der Waals surface area contributed by atoms with Crippen LogP contribution in [0.1, 0.15) is 11.1 Å². The van der Waals surface area contributed by atoms with Gasteiger partial charge < -0.3 is 9.84 Å². The molecular formula is C25H22O2S2. The predicted molar refractivity (Wildman–Crippen MR) is 124 cm³/mol. The van der Waals surface area contributed by atoms with E-state index in [9.17, 15) is 5.11 Å². The number of aliphatic hydroxyl groups is 1. The fraction of sp³-hybridized carbons (Fsp3) is 0.120. The maximum absolute atomic E-state index is 9.32. The molecule has 3 aromatic carbocycles. The predicted octanol–water partition coefficient (Wildman–Crippen LogP) is 6.88. The van der Waals surface area contributed by atoms with Crippen LogP contribution in [0.2, 0.25) is 0 Å². The third-order valence-corrected chi connectivity index (χ3v) is 6.47. The van der Waals surface area contributed by atoms with Gasteiger partial charge in [0.05, 0.1) is 6.61 Å². The number of benzene rings is 3. The van der Waals surface area contributed by atoms with Crippen molar-refractivity contribution in [2.24, 2.45) is 0 Å². The van der Waals surface area contributed by atoms with Crippen molar-refractivity contribution in [1.29, 1.82) is 0 Å². The Morgan fingerprint density at radius 1 is 0.862 bits per heavy atom. The first-order chi connectivity index (χ1) is 14.3. The topological polar surface area (TPSA) is 29.5 Å². The van der Waals surface area contributed by atoms with Crippen LogP contribution in [0.3, 0.4) is 0 Å². The summed E-state index contributed by atoms with van der Waals surface area (Å²) in [5.74, 6) is 0.887. The van der Waals surface area contributed by atoms with Crippen LogP contribution < -0.4 is 4.74 Å². The second-order valence-corrected chi connectivity index (χ2v) is 8.45. The van der Waals surface area contributed by atoms with Gasteiger partial charge in [0.2, 0.25) is 0 Å². The molecule has 4 rings (SSSR count). The Morgan fingerprint density at radius 2 is 1.66 bits per heavy atom. The summed E-state index contributed by atoms with van der Waals surface area (Å²) in [4.78, 5) is 2.41. The minimum atomic E-state index is 0.0603. The maximum atomic E-state index is 9.32. The van der Waals surface area contributed by atoms with Gasteiger partial charge in [-0.3, -0.25) is 0 Å². The normalized spacial score (nSPS) is 10.8. The largest absolute Gasteiger partial charge is 0.488 e. The second kappa shape index (κ2) is 9.31. The van der Waals surface area contributed by atoms with E-state index in [0.29, 0.717) is 6.61 Å². The Hall–Kier alpha value is -2.53. The van der Waals surface area contributed by atoms with Gasteiger partial charge in [0.15, 0.2) is 0 Å². The van der Waals surface area contributed by atoms with E-state index in [-0.39, 0.29) is 6.61 Å². The molecule has 0 saturated heterocycles. The van der Waals surface area contributed by atoms with Gasteiger partial charge in [-0.2, -0.15) is 0 Å². The van der Waals surface area contributed by atoms with E-state index in [1.165, 1.54) is 15.3 Å². The summed E-state index contributed by atoms with van der Waals surface area (Å²) in [5, 5.41) is 11.4. The van der Waals surface area contributed by atoms with E-state index < -0.39 is 0 Å². The van der Waals surface area contributed by atoms with E-state index >= 15 is 0 Å². The monoisotopic (exact) mass is 418 g/mol. The summed E-state index contributed by atoms with van der Waals surface area (Å²) in [6.07, 6.45) is 2.09. The van der Waals surface area contributed by atoms with Gasteiger partial charge in [0, 0.05) is 20.9 Å². The van der Waals surface area contributed by atoms with Gasteiger partial charge in [-0.1, -0.05) is 54.6 Å². The summed E-state index contributed by atoms with van der Waals surface area (Å²) in [6.45, 7) is 0.599. The summed E-state index contributed by atoms with van der Waals surface area (Å²) in [6, 6.07) is 26.9. The number of rotatable bonds is 7. The van der Waals surface area contributed by atoms with Crippen LogP contribution in [0.4, 0.5) is 0 Å². The van der Waals surface area contributed by atoms with Crippen molar-refractivity contribution in [1.82, 2.24) is 0 Å². The molecule has 1 N–H and O–H groups in total. The van der Waals surface area contributed by atoms with Gasteiger partial charge in [-0.15, -0.1) is 23.1 Å². The Balaban J connectivity index is 1.71. The van der Waals surface area contributed by atoms with Crippen molar-refractivity contribution in [3.63, 3.8) is 0 Å². The third kappa shape index (κ3) is 4.56. The molecular weight excluding hydrogens is 396 g/mol. The highest BCUT2D eigenvalue weighted by atomic mass is 32.2. The van der Waals surface area contributed by atoms with Crippen molar-refractivity contribution >= 4 is 23.1 Å². The summed E-state index contributed by atoms with van der Waals surface area (Å²) >= 11 is 3.45. The Morgan fingerprint density at radius 3 is 2.38 bits per heavy atom. The molecule has 0 radical (unpaired) electrons. The van der Waals surface area contributed by atoms with Crippen LogP contribution in [0.5, 0.6) is 5.75 Å². The lowest BCUT2D eigenvalue weighted by atomic mass is 10.0. The molecule has 2 nitrogen and oxygen atoms in total. The lowest BCUT2D eigenvalue weighted by molar-refractivity contribution is 0.282. The van der Waals surface area contributed by atoms with Crippen LogP contribution in [-0.2, 0) is 13.2 Å². The molecule has 1 heterocycles.